The van der Waals surface area contributed by atoms with Gasteiger partial charge in [0.05, 0.1) is 14.2 Å². The van der Waals surface area contributed by atoms with Crippen molar-refractivity contribution in [1.29, 1.82) is 0 Å². The normalized spacial score (nSPS) is 14.4. The van der Waals surface area contributed by atoms with Crippen LogP contribution in [0.2, 0.25) is 0 Å². The number of aliphatic hydroxyl groups is 1. The Labute approximate surface area is 166 Å². The number of hydrogen-bond acceptors (Lipinski definition) is 4. The van der Waals surface area contributed by atoms with Crippen LogP contribution >= 0.6 is 0 Å². The van der Waals surface area contributed by atoms with Gasteiger partial charge < -0.3 is 19.7 Å². The van der Waals surface area contributed by atoms with Crippen molar-refractivity contribution < 1.29 is 37.2 Å². The molecule has 0 saturated carbocycles. The first kappa shape index (κ1) is 22.8. The van der Waals surface area contributed by atoms with E-state index in [0.29, 0.717) is 0 Å². The minimum atomic E-state index is -4.98. The smallest absolute Gasteiger partial charge is 0.417 e. The fraction of sp³-hybridized carbons (Fsp3) is 0.429. The zero-order valence-electron chi connectivity index (χ0n) is 16.6. The van der Waals surface area contributed by atoms with Crippen LogP contribution in [-0.2, 0) is 11.8 Å². The number of ether oxygens (including phenoxy) is 2. The van der Waals surface area contributed by atoms with Crippen molar-refractivity contribution in [3.8, 4) is 17.2 Å². The predicted molar refractivity (Wildman–Crippen MR) is 100.0 cm³/mol. The molecule has 0 spiro atoms. The monoisotopic (exact) mass is 416 g/mol. The maximum Gasteiger partial charge on any atom is 0.417 e. The zero-order valence-corrected chi connectivity index (χ0v) is 16.6. The molecule has 0 aliphatic carbocycles. The lowest BCUT2D eigenvalue weighted by Gasteiger charge is -2.38. The topological polar surface area (TPSA) is 58.9 Å². The Morgan fingerprint density at radius 2 is 1.62 bits per heavy atom. The quantitative estimate of drug-likeness (QED) is 0.640. The highest BCUT2D eigenvalue weighted by Gasteiger charge is 2.56. The summed E-state index contributed by atoms with van der Waals surface area (Å²) in [4.78, 5) is 0. The van der Waals surface area contributed by atoms with Gasteiger partial charge in [-0.2, -0.15) is 13.2 Å². The second-order valence-corrected chi connectivity index (χ2v) is 7.65. The first-order valence-corrected chi connectivity index (χ1v) is 8.81. The maximum atomic E-state index is 13.9. The van der Waals surface area contributed by atoms with E-state index in [9.17, 15) is 27.8 Å². The molecule has 0 bridgehead atoms. The van der Waals surface area contributed by atoms with E-state index in [0.717, 1.165) is 18.2 Å². The molecule has 0 amide bonds. The molecule has 0 aliphatic heterocycles. The summed E-state index contributed by atoms with van der Waals surface area (Å²) in [6, 6.07) is 7.28. The number of phenolic OH excluding ortho intramolecular Hbond substituents is 1. The highest BCUT2D eigenvalue weighted by atomic mass is 19.4. The molecule has 0 radical (unpaired) electrons. The van der Waals surface area contributed by atoms with Crippen LogP contribution < -0.4 is 9.47 Å². The van der Waals surface area contributed by atoms with Gasteiger partial charge in [0, 0.05) is 18.1 Å². The van der Waals surface area contributed by atoms with E-state index >= 15 is 0 Å². The molecule has 1 unspecified atom stereocenters. The van der Waals surface area contributed by atoms with Crippen LogP contribution in [0.1, 0.15) is 31.4 Å². The molecule has 2 aromatic rings. The largest absolute Gasteiger partial charge is 0.508 e. The summed E-state index contributed by atoms with van der Waals surface area (Å²) in [6.07, 6.45) is -6.56. The number of alkyl halides is 3. The van der Waals surface area contributed by atoms with Crippen molar-refractivity contribution in [2.75, 3.05) is 14.2 Å². The van der Waals surface area contributed by atoms with Crippen LogP contribution in [-0.4, -0.2) is 36.2 Å². The molecule has 8 heteroatoms. The third-order valence-electron chi connectivity index (χ3n) is 4.84. The number of rotatable bonds is 7. The Morgan fingerprint density at radius 1 is 0.966 bits per heavy atom. The second kappa shape index (κ2) is 8.10. The molecule has 4 nitrogen and oxygen atoms in total. The lowest BCUT2D eigenvalue weighted by Crippen LogP contribution is -2.50. The lowest BCUT2D eigenvalue weighted by atomic mass is 9.72. The van der Waals surface area contributed by atoms with Gasteiger partial charge in [0.25, 0.3) is 0 Å². The molecule has 2 aromatic carbocycles. The van der Waals surface area contributed by atoms with Gasteiger partial charge in [-0.3, -0.25) is 0 Å². The van der Waals surface area contributed by atoms with Crippen LogP contribution in [0.15, 0.2) is 36.4 Å². The van der Waals surface area contributed by atoms with Crippen molar-refractivity contribution >= 4 is 0 Å². The van der Waals surface area contributed by atoms with Crippen molar-refractivity contribution in [2.24, 2.45) is 0 Å². The van der Waals surface area contributed by atoms with Crippen molar-refractivity contribution in [3.63, 3.8) is 0 Å². The fourth-order valence-electron chi connectivity index (χ4n) is 3.50. The summed E-state index contributed by atoms with van der Waals surface area (Å²) in [7, 11) is 2.65. The first-order valence-electron chi connectivity index (χ1n) is 8.81. The van der Waals surface area contributed by atoms with Gasteiger partial charge in [-0.1, -0.05) is 13.8 Å². The second-order valence-electron chi connectivity index (χ2n) is 7.65. The molecule has 0 fully saturated rings. The zero-order chi connectivity index (χ0) is 22.0. The molecule has 29 heavy (non-hydrogen) atoms. The summed E-state index contributed by atoms with van der Waals surface area (Å²) in [5.41, 5.74) is -4.19. The van der Waals surface area contributed by atoms with Gasteiger partial charge in [-0.25, -0.2) is 4.39 Å². The number of aromatic hydroxyl groups is 1. The number of phenols is 1. The van der Waals surface area contributed by atoms with E-state index in [1.807, 2.05) is 0 Å². The lowest BCUT2D eigenvalue weighted by molar-refractivity contribution is -0.266. The standard InChI is InChI=1S/C21H24F4O4/c1-19(2,17-9-14(22)5-6-18(17)29-4)12-20(27,21(23,24)25)11-13-7-15(26)10-16(8-13)28-3/h5-10,26-27H,11-12H2,1-4H3. The van der Waals surface area contributed by atoms with Gasteiger partial charge in [0.15, 0.2) is 5.60 Å². The fourth-order valence-corrected chi connectivity index (χ4v) is 3.50. The predicted octanol–water partition coefficient (Wildman–Crippen LogP) is 4.75. The van der Waals surface area contributed by atoms with Crippen LogP contribution in [0.4, 0.5) is 17.6 Å². The highest BCUT2D eigenvalue weighted by molar-refractivity contribution is 5.41. The van der Waals surface area contributed by atoms with Crippen LogP contribution in [0.25, 0.3) is 0 Å². The average Bonchev–Trinajstić information content (AvgIpc) is 2.59. The van der Waals surface area contributed by atoms with Gasteiger partial charge >= 0.3 is 6.18 Å². The number of halogens is 4. The first-order chi connectivity index (χ1) is 13.3. The van der Waals surface area contributed by atoms with Gasteiger partial charge in [-0.05, 0) is 47.7 Å². The molecule has 0 aromatic heterocycles. The summed E-state index contributed by atoms with van der Waals surface area (Å²) in [5.74, 6) is -0.521. The van der Waals surface area contributed by atoms with E-state index in [1.165, 1.54) is 46.3 Å². The Kier molecular flexibility index (Phi) is 6.37. The minimum Gasteiger partial charge on any atom is -0.508 e. The highest BCUT2D eigenvalue weighted by Crippen LogP contribution is 2.45. The molecule has 2 N–H and O–H groups in total. The van der Waals surface area contributed by atoms with Gasteiger partial charge in [0.1, 0.15) is 23.1 Å². The Bertz CT molecular complexity index is 864. The summed E-state index contributed by atoms with van der Waals surface area (Å²) < 4.78 is 65.7. The third-order valence-corrected chi connectivity index (χ3v) is 4.84. The van der Waals surface area contributed by atoms with E-state index < -0.39 is 35.9 Å². The molecule has 2 rings (SSSR count). The Balaban J connectivity index is 2.48. The number of hydrogen-bond donors (Lipinski definition) is 2. The van der Waals surface area contributed by atoms with Crippen LogP contribution in [0.5, 0.6) is 17.2 Å². The summed E-state index contributed by atoms with van der Waals surface area (Å²) in [6.45, 7) is 2.95. The number of benzene rings is 2. The van der Waals surface area contributed by atoms with Gasteiger partial charge in [0.2, 0.25) is 0 Å². The van der Waals surface area contributed by atoms with E-state index in [2.05, 4.69) is 0 Å². The molecule has 0 aliphatic rings. The molecule has 160 valence electrons. The average molecular weight is 416 g/mol. The summed E-state index contributed by atoms with van der Waals surface area (Å²) in [5, 5.41) is 20.4. The van der Waals surface area contributed by atoms with Crippen molar-refractivity contribution in [2.45, 2.75) is 43.9 Å². The van der Waals surface area contributed by atoms with E-state index in [1.54, 1.807) is 0 Å². The molecular weight excluding hydrogens is 392 g/mol. The maximum absolute atomic E-state index is 13.9. The SMILES string of the molecule is COc1cc(O)cc(CC(O)(CC(C)(C)c2cc(F)ccc2OC)C(F)(F)F)c1. The van der Waals surface area contributed by atoms with Crippen LogP contribution in [0, 0.1) is 5.82 Å². The third kappa shape index (κ3) is 5.12. The Hall–Kier alpha value is -2.48. The van der Waals surface area contributed by atoms with Crippen molar-refractivity contribution in [3.05, 3.63) is 53.3 Å². The molecule has 0 saturated heterocycles. The van der Waals surface area contributed by atoms with E-state index in [4.69, 9.17) is 9.47 Å². The number of methoxy groups -OCH3 is 2. The van der Waals surface area contributed by atoms with Crippen LogP contribution in [0.3, 0.4) is 0 Å². The minimum absolute atomic E-state index is 0.0451. The summed E-state index contributed by atoms with van der Waals surface area (Å²) >= 11 is 0. The molecular formula is C21H24F4O4. The van der Waals surface area contributed by atoms with Crippen molar-refractivity contribution in [1.82, 2.24) is 0 Å². The van der Waals surface area contributed by atoms with E-state index in [-0.39, 0.29) is 28.4 Å². The Morgan fingerprint density at radius 3 is 2.17 bits per heavy atom. The molecule has 1 atom stereocenters. The molecule has 0 heterocycles. The van der Waals surface area contributed by atoms with Gasteiger partial charge in [-0.15, -0.1) is 0 Å².